The van der Waals surface area contributed by atoms with Crippen LogP contribution in [0.15, 0.2) is 48.5 Å². The van der Waals surface area contributed by atoms with Gasteiger partial charge < -0.3 is 15.1 Å². The van der Waals surface area contributed by atoms with E-state index in [1.54, 1.807) is 12.1 Å². The van der Waals surface area contributed by atoms with Crippen LogP contribution in [0.4, 0.5) is 10.5 Å². The Morgan fingerprint density at radius 1 is 1.10 bits per heavy atom. The van der Waals surface area contributed by atoms with E-state index in [9.17, 15) is 4.79 Å². The van der Waals surface area contributed by atoms with Gasteiger partial charge in [-0.1, -0.05) is 62.7 Å². The summed E-state index contributed by atoms with van der Waals surface area (Å²) in [5.74, 6) is 0. The lowest BCUT2D eigenvalue weighted by Crippen LogP contribution is -2.40. The minimum Gasteiger partial charge on any atom is -0.319 e. The second kappa shape index (κ2) is 9.64. The highest BCUT2D eigenvalue weighted by atomic mass is 35.5. The summed E-state index contributed by atoms with van der Waals surface area (Å²) < 4.78 is 0. The quantitative estimate of drug-likeness (QED) is 0.652. The van der Waals surface area contributed by atoms with Crippen LogP contribution in [0.2, 0.25) is 5.02 Å². The van der Waals surface area contributed by atoms with Crippen LogP contribution in [-0.4, -0.2) is 42.0 Å². The number of benzene rings is 2. The number of amides is 2. The number of carbonyl (C=O) groups excluding carboxylic acids is 1. The highest BCUT2D eigenvalue weighted by molar-refractivity contribution is 6.30. The van der Waals surface area contributed by atoms with Gasteiger partial charge in [0.25, 0.3) is 0 Å². The van der Waals surface area contributed by atoms with Crippen LogP contribution in [-0.2, 0) is 12.0 Å². The Kier molecular flexibility index (Phi) is 7.20. The molecule has 1 N–H and O–H groups in total. The minimum atomic E-state index is -0.0913. The van der Waals surface area contributed by atoms with Crippen LogP contribution in [0, 0.1) is 0 Å². The number of nitrogens with zero attached hydrogens (tertiary/aromatic N) is 2. The fraction of sp³-hybridized carbons (Fsp3) is 0.458. The maximum absolute atomic E-state index is 13.0. The maximum atomic E-state index is 13.0. The third kappa shape index (κ3) is 6.48. The van der Waals surface area contributed by atoms with Crippen molar-refractivity contribution < 1.29 is 4.79 Å². The molecule has 0 radical (unpaired) electrons. The molecule has 156 valence electrons. The van der Waals surface area contributed by atoms with Crippen molar-refractivity contribution in [1.82, 2.24) is 9.80 Å². The summed E-state index contributed by atoms with van der Waals surface area (Å²) in [5, 5.41) is 3.61. The zero-order valence-electron chi connectivity index (χ0n) is 17.7. The molecule has 29 heavy (non-hydrogen) atoms. The molecule has 0 unspecified atom stereocenters. The van der Waals surface area contributed by atoms with E-state index in [0.29, 0.717) is 18.1 Å². The summed E-state index contributed by atoms with van der Waals surface area (Å²) in [6.07, 6.45) is 2.51. The summed E-state index contributed by atoms with van der Waals surface area (Å²) >= 11 is 6.06. The Balaban J connectivity index is 1.70. The molecule has 2 aromatic carbocycles. The molecule has 0 saturated carbocycles. The van der Waals surface area contributed by atoms with E-state index in [1.165, 1.54) is 18.4 Å². The first-order valence-electron chi connectivity index (χ1n) is 10.4. The predicted molar refractivity (Wildman–Crippen MR) is 122 cm³/mol. The molecule has 1 heterocycles. The first kappa shape index (κ1) is 21.7. The largest absolute Gasteiger partial charge is 0.322 e. The molecule has 0 aromatic heterocycles. The number of nitrogens with one attached hydrogen (secondary N) is 1. The minimum absolute atomic E-state index is 0.0913. The molecule has 2 amide bonds. The van der Waals surface area contributed by atoms with Crippen molar-refractivity contribution in [3.05, 3.63) is 64.7 Å². The fourth-order valence-corrected chi connectivity index (χ4v) is 3.81. The molecule has 0 atom stereocenters. The van der Waals surface area contributed by atoms with Gasteiger partial charge in [-0.3, -0.25) is 0 Å². The highest BCUT2D eigenvalue weighted by Crippen LogP contribution is 2.23. The van der Waals surface area contributed by atoms with Crippen molar-refractivity contribution in [1.29, 1.82) is 0 Å². The van der Waals surface area contributed by atoms with Crippen LogP contribution >= 0.6 is 11.6 Å². The zero-order chi connectivity index (χ0) is 20.9. The number of carbonyl (C=O) groups is 1. The molecule has 1 saturated heterocycles. The molecule has 4 nitrogen and oxygen atoms in total. The third-order valence-electron chi connectivity index (χ3n) is 5.44. The number of halogens is 1. The van der Waals surface area contributed by atoms with Crippen LogP contribution in [0.3, 0.4) is 0 Å². The Morgan fingerprint density at radius 3 is 2.41 bits per heavy atom. The number of urea groups is 1. The fourth-order valence-electron chi connectivity index (χ4n) is 3.62. The number of anilines is 1. The molecule has 0 bridgehead atoms. The third-order valence-corrected chi connectivity index (χ3v) is 5.68. The van der Waals surface area contributed by atoms with E-state index in [-0.39, 0.29) is 11.4 Å². The molecule has 0 aliphatic carbocycles. The van der Waals surface area contributed by atoms with E-state index in [4.69, 9.17) is 11.6 Å². The lowest BCUT2D eigenvalue weighted by molar-refractivity contribution is 0.198. The molecular formula is C24H32ClN3O. The molecule has 1 aliphatic rings. The Bertz CT molecular complexity index is 808. The van der Waals surface area contributed by atoms with Gasteiger partial charge in [0.1, 0.15) is 0 Å². The topological polar surface area (TPSA) is 35.6 Å². The zero-order valence-corrected chi connectivity index (χ0v) is 18.5. The van der Waals surface area contributed by atoms with E-state index < -0.39 is 0 Å². The molecule has 1 aliphatic heterocycles. The van der Waals surface area contributed by atoms with E-state index in [2.05, 4.69) is 55.3 Å². The van der Waals surface area contributed by atoms with Crippen molar-refractivity contribution in [3.63, 3.8) is 0 Å². The van der Waals surface area contributed by atoms with Crippen molar-refractivity contribution in [2.75, 3.05) is 31.5 Å². The smallest absolute Gasteiger partial charge is 0.319 e. The lowest BCUT2D eigenvalue weighted by atomic mass is 9.87. The van der Waals surface area contributed by atoms with Gasteiger partial charge >= 0.3 is 6.03 Å². The number of rotatable bonds is 6. The predicted octanol–water partition coefficient (Wildman–Crippen LogP) is 5.77. The molecule has 0 spiro atoms. The van der Waals surface area contributed by atoms with Crippen LogP contribution in [0.25, 0.3) is 0 Å². The van der Waals surface area contributed by atoms with E-state index in [1.807, 2.05) is 17.0 Å². The van der Waals surface area contributed by atoms with Gasteiger partial charge in [0.2, 0.25) is 0 Å². The summed E-state index contributed by atoms with van der Waals surface area (Å²) in [6, 6.07) is 15.8. The van der Waals surface area contributed by atoms with Gasteiger partial charge in [-0.25, -0.2) is 4.79 Å². The number of hydrogen-bond acceptors (Lipinski definition) is 2. The second-order valence-corrected chi connectivity index (χ2v) is 9.29. The molecule has 2 aromatic rings. The van der Waals surface area contributed by atoms with Gasteiger partial charge in [0.05, 0.1) is 0 Å². The average molecular weight is 414 g/mol. The molecule has 5 heteroatoms. The molecule has 1 fully saturated rings. The number of hydrogen-bond donors (Lipinski definition) is 1. The molecule has 3 rings (SSSR count). The van der Waals surface area contributed by atoms with Crippen molar-refractivity contribution in [2.24, 2.45) is 0 Å². The summed E-state index contributed by atoms with van der Waals surface area (Å²) in [5.41, 5.74) is 3.28. The Labute approximate surface area is 179 Å². The summed E-state index contributed by atoms with van der Waals surface area (Å²) in [4.78, 5) is 17.3. The van der Waals surface area contributed by atoms with Crippen LogP contribution in [0.5, 0.6) is 0 Å². The van der Waals surface area contributed by atoms with Gasteiger partial charge in [-0.2, -0.15) is 0 Å². The highest BCUT2D eigenvalue weighted by Gasteiger charge is 2.19. The van der Waals surface area contributed by atoms with Gasteiger partial charge in [-0.15, -0.1) is 0 Å². The van der Waals surface area contributed by atoms with E-state index in [0.717, 1.165) is 30.9 Å². The Morgan fingerprint density at radius 2 is 1.79 bits per heavy atom. The standard InChI is InChI=1S/C24H32ClN3O/c1-24(2,3)20-11-9-19(10-12-20)18-28(16-15-27-13-4-5-14-27)23(29)26-22-8-6-7-21(25)17-22/h6-12,17H,4-5,13-16,18H2,1-3H3,(H,26,29). The summed E-state index contributed by atoms with van der Waals surface area (Å²) in [7, 11) is 0. The first-order valence-corrected chi connectivity index (χ1v) is 10.8. The second-order valence-electron chi connectivity index (χ2n) is 8.86. The SMILES string of the molecule is CC(C)(C)c1ccc(CN(CCN2CCCC2)C(=O)Nc2cccc(Cl)c2)cc1. The molecular weight excluding hydrogens is 382 g/mol. The van der Waals surface area contributed by atoms with Crippen LogP contribution in [0.1, 0.15) is 44.7 Å². The van der Waals surface area contributed by atoms with Gasteiger partial charge in [0, 0.05) is 30.3 Å². The normalized spacial score (nSPS) is 14.8. The first-order chi connectivity index (χ1) is 13.8. The monoisotopic (exact) mass is 413 g/mol. The Hall–Kier alpha value is -2.04. The average Bonchev–Trinajstić information content (AvgIpc) is 3.18. The lowest BCUT2D eigenvalue weighted by Gasteiger charge is -2.26. The van der Waals surface area contributed by atoms with Crippen molar-refractivity contribution in [2.45, 2.75) is 45.6 Å². The van der Waals surface area contributed by atoms with Crippen molar-refractivity contribution >= 4 is 23.3 Å². The van der Waals surface area contributed by atoms with Gasteiger partial charge in [0.15, 0.2) is 0 Å². The van der Waals surface area contributed by atoms with Crippen molar-refractivity contribution in [3.8, 4) is 0 Å². The van der Waals surface area contributed by atoms with Gasteiger partial charge in [-0.05, 0) is 60.7 Å². The number of likely N-dealkylation sites (tertiary alicyclic amines) is 1. The van der Waals surface area contributed by atoms with Crippen LogP contribution < -0.4 is 5.32 Å². The summed E-state index contributed by atoms with van der Waals surface area (Å²) in [6.45, 7) is 11.1. The maximum Gasteiger partial charge on any atom is 0.322 e. The van der Waals surface area contributed by atoms with E-state index >= 15 is 0 Å².